The number of rotatable bonds is 8. The maximum absolute atomic E-state index is 12.8. The second-order valence-corrected chi connectivity index (χ2v) is 8.11. The molecule has 1 saturated heterocycles. The zero-order chi connectivity index (χ0) is 24.1. The van der Waals surface area contributed by atoms with Gasteiger partial charge < -0.3 is 19.5 Å². The molecule has 3 aliphatic rings. The Balaban J connectivity index is 2.07. The number of ether oxygens (including phenoxy) is 3. The zero-order valence-electron chi connectivity index (χ0n) is 19.2. The molecule has 8 nitrogen and oxygen atoms in total. The molecule has 0 unspecified atom stereocenters. The Bertz CT molecular complexity index is 998. The lowest BCUT2D eigenvalue weighted by Gasteiger charge is -2.12. The molecule has 1 aliphatic heterocycles. The molecule has 3 rings (SSSR count). The monoisotopic (exact) mass is 472 g/mol. The summed E-state index contributed by atoms with van der Waals surface area (Å²) in [6, 6.07) is 6.94. The summed E-state index contributed by atoms with van der Waals surface area (Å²) in [5, 5.41) is 3.01. The molecule has 0 bridgehead atoms. The van der Waals surface area contributed by atoms with E-state index < -0.39 is 18.0 Å². The van der Waals surface area contributed by atoms with Gasteiger partial charge in [0, 0.05) is 5.69 Å². The Morgan fingerprint density at radius 1 is 1.06 bits per heavy atom. The largest absolute Gasteiger partial charge is 0.462 e. The molecule has 9 heteroatoms. The fourth-order valence-corrected chi connectivity index (χ4v) is 4.04. The molecule has 0 spiro atoms. The maximum atomic E-state index is 12.8. The van der Waals surface area contributed by atoms with Gasteiger partial charge in [-0.25, -0.2) is 14.4 Å². The SMILES string of the molecule is CCOC(=O)c1c2ccc(N3C[C@H](CNC(C)=S)OC3=O)ccc-2c(C(=O)OCC)c1CC. The van der Waals surface area contributed by atoms with Gasteiger partial charge in [-0.1, -0.05) is 31.3 Å². The number of nitrogens with zero attached hydrogens (tertiary/aromatic N) is 1. The smallest absolute Gasteiger partial charge is 0.414 e. The molecule has 176 valence electrons. The van der Waals surface area contributed by atoms with Crippen LogP contribution >= 0.6 is 12.2 Å². The van der Waals surface area contributed by atoms with E-state index in [0.717, 1.165) is 0 Å². The minimum absolute atomic E-state index is 0.212. The molecule has 0 radical (unpaired) electrons. The molecule has 33 heavy (non-hydrogen) atoms. The van der Waals surface area contributed by atoms with Crippen molar-refractivity contribution < 1.29 is 28.6 Å². The van der Waals surface area contributed by atoms with E-state index in [4.69, 9.17) is 26.4 Å². The standard InChI is InChI=1S/C24H28N2O6S/c1-5-17-20(22(27)30-6-2)18-10-8-15(9-11-19(18)21(17)23(28)31-7-3)26-13-16(32-24(26)29)12-25-14(4)33/h8-11,16H,5-7,12-13H2,1-4H3,(H,25,33)/t16-/m0/s1. The number of fused-ring (bicyclic) bond motifs is 1. The van der Waals surface area contributed by atoms with Crippen LogP contribution in [0.25, 0.3) is 11.1 Å². The average Bonchev–Trinajstić information content (AvgIpc) is 3.22. The van der Waals surface area contributed by atoms with Crippen molar-refractivity contribution in [1.29, 1.82) is 0 Å². The molecular weight excluding hydrogens is 444 g/mol. The summed E-state index contributed by atoms with van der Waals surface area (Å²) in [5.41, 5.74) is 3.02. The first-order valence-electron chi connectivity index (χ1n) is 11.0. The molecule has 2 aliphatic carbocycles. The third-order valence-corrected chi connectivity index (χ3v) is 5.50. The number of esters is 2. The number of amides is 1. The topological polar surface area (TPSA) is 94.2 Å². The van der Waals surface area contributed by atoms with E-state index in [9.17, 15) is 14.4 Å². The van der Waals surface area contributed by atoms with Gasteiger partial charge in [-0.15, -0.1) is 0 Å². The van der Waals surface area contributed by atoms with Crippen LogP contribution in [0, 0.1) is 0 Å². The molecule has 0 aromatic heterocycles. The minimum Gasteiger partial charge on any atom is -0.462 e. The summed E-state index contributed by atoms with van der Waals surface area (Å²) < 4.78 is 16.0. The molecule has 0 aromatic rings. The van der Waals surface area contributed by atoms with Crippen molar-refractivity contribution in [2.75, 3.05) is 31.2 Å². The maximum Gasteiger partial charge on any atom is 0.414 e. The molecule has 1 atom stereocenters. The minimum atomic E-state index is -0.495. The van der Waals surface area contributed by atoms with E-state index in [0.29, 0.717) is 58.0 Å². The number of anilines is 1. The van der Waals surface area contributed by atoms with E-state index in [1.165, 1.54) is 4.90 Å². The van der Waals surface area contributed by atoms with Crippen LogP contribution in [-0.4, -0.2) is 55.4 Å². The number of nitrogens with one attached hydrogen (secondary N) is 1. The van der Waals surface area contributed by atoms with Crippen LogP contribution in [0.3, 0.4) is 0 Å². The Kier molecular flexibility index (Phi) is 7.86. The van der Waals surface area contributed by atoms with Crippen molar-refractivity contribution in [2.24, 2.45) is 0 Å². The quantitative estimate of drug-likeness (QED) is 0.350. The number of carbonyl (C=O) groups is 3. The van der Waals surface area contributed by atoms with Crippen molar-refractivity contribution in [3.05, 3.63) is 41.0 Å². The fraction of sp³-hybridized carbons (Fsp3) is 0.417. The van der Waals surface area contributed by atoms with Crippen molar-refractivity contribution in [3.63, 3.8) is 0 Å². The van der Waals surface area contributed by atoms with Crippen LogP contribution in [0.2, 0.25) is 0 Å². The van der Waals surface area contributed by atoms with Gasteiger partial charge in [-0.2, -0.15) is 0 Å². The highest BCUT2D eigenvalue weighted by Crippen LogP contribution is 2.39. The predicted octanol–water partition coefficient (Wildman–Crippen LogP) is 3.97. The van der Waals surface area contributed by atoms with E-state index in [2.05, 4.69) is 5.32 Å². The van der Waals surface area contributed by atoms with Gasteiger partial charge in [-0.3, -0.25) is 4.90 Å². The van der Waals surface area contributed by atoms with Gasteiger partial charge in [0.15, 0.2) is 0 Å². The van der Waals surface area contributed by atoms with Crippen molar-refractivity contribution >= 4 is 40.9 Å². The highest BCUT2D eigenvalue weighted by atomic mass is 32.1. The van der Waals surface area contributed by atoms with Crippen molar-refractivity contribution in [2.45, 2.75) is 40.2 Å². The first kappa shape index (κ1) is 24.4. The zero-order valence-corrected chi connectivity index (χ0v) is 20.0. The van der Waals surface area contributed by atoms with Crippen LogP contribution < -0.4 is 10.2 Å². The second-order valence-electron chi connectivity index (χ2n) is 7.50. The van der Waals surface area contributed by atoms with Gasteiger partial charge in [0.25, 0.3) is 0 Å². The molecule has 1 N–H and O–H groups in total. The summed E-state index contributed by atoms with van der Waals surface area (Å²) in [4.78, 5) is 40.3. The highest BCUT2D eigenvalue weighted by molar-refractivity contribution is 7.80. The lowest BCUT2D eigenvalue weighted by Crippen LogP contribution is -2.32. The van der Waals surface area contributed by atoms with Crippen LogP contribution in [0.5, 0.6) is 0 Å². The Morgan fingerprint density at radius 3 is 2.06 bits per heavy atom. The number of carbonyl (C=O) groups excluding carboxylic acids is 3. The lowest BCUT2D eigenvalue weighted by atomic mass is 10.1. The molecule has 1 heterocycles. The molecule has 1 fully saturated rings. The van der Waals surface area contributed by atoms with Crippen LogP contribution in [0.15, 0.2) is 24.3 Å². The van der Waals surface area contributed by atoms with Crippen molar-refractivity contribution in [1.82, 2.24) is 5.32 Å². The average molecular weight is 473 g/mol. The summed E-state index contributed by atoms with van der Waals surface area (Å²) in [6.07, 6.45) is -0.365. The third-order valence-electron chi connectivity index (χ3n) is 5.35. The Morgan fingerprint density at radius 2 is 1.61 bits per heavy atom. The molecule has 0 saturated carbocycles. The van der Waals surface area contributed by atoms with E-state index in [1.807, 2.05) is 6.92 Å². The molecule has 1 amide bonds. The van der Waals surface area contributed by atoms with Gasteiger partial charge >= 0.3 is 18.0 Å². The first-order valence-corrected chi connectivity index (χ1v) is 11.4. The van der Waals surface area contributed by atoms with Gasteiger partial charge in [-0.05, 0) is 56.0 Å². The lowest BCUT2D eigenvalue weighted by molar-refractivity contribution is 0.0525. The number of hydrogen-bond donors (Lipinski definition) is 1. The normalized spacial score (nSPS) is 15.3. The number of hydrogen-bond acceptors (Lipinski definition) is 7. The Hall–Kier alpha value is -3.20. The van der Waals surface area contributed by atoms with Crippen LogP contribution in [0.4, 0.5) is 10.5 Å². The van der Waals surface area contributed by atoms with Crippen LogP contribution in [0.1, 0.15) is 54.0 Å². The molecule has 0 aromatic carbocycles. The fourth-order valence-electron chi connectivity index (χ4n) is 3.96. The highest BCUT2D eigenvalue weighted by Gasteiger charge is 2.34. The van der Waals surface area contributed by atoms with Gasteiger partial charge in [0.1, 0.15) is 6.10 Å². The summed E-state index contributed by atoms with van der Waals surface area (Å²) in [6.45, 7) is 8.29. The van der Waals surface area contributed by atoms with Crippen LogP contribution in [-0.2, 0) is 20.6 Å². The van der Waals surface area contributed by atoms with E-state index in [1.54, 1.807) is 45.0 Å². The third kappa shape index (κ3) is 5.08. The van der Waals surface area contributed by atoms with Gasteiger partial charge in [0.05, 0.1) is 42.4 Å². The number of cyclic esters (lactones) is 1. The summed E-state index contributed by atoms with van der Waals surface area (Å²) >= 11 is 5.02. The van der Waals surface area contributed by atoms with Gasteiger partial charge in [0.2, 0.25) is 0 Å². The van der Waals surface area contributed by atoms with Crippen molar-refractivity contribution in [3.8, 4) is 11.1 Å². The Labute approximate surface area is 198 Å². The molecular formula is C24H28N2O6S. The number of thiocarbonyl (C=S) groups is 1. The van der Waals surface area contributed by atoms with E-state index >= 15 is 0 Å². The second kappa shape index (κ2) is 10.6. The van der Waals surface area contributed by atoms with E-state index in [-0.39, 0.29) is 19.3 Å². The summed E-state index contributed by atoms with van der Waals surface area (Å²) in [7, 11) is 0. The summed E-state index contributed by atoms with van der Waals surface area (Å²) in [5.74, 6) is -0.991. The predicted molar refractivity (Wildman–Crippen MR) is 128 cm³/mol. The first-order chi connectivity index (χ1) is 15.8.